The summed E-state index contributed by atoms with van der Waals surface area (Å²) in [4.78, 5) is 19.8. The normalized spacial score (nSPS) is 14.6. The minimum absolute atomic E-state index is 0.288. The number of aromatic nitrogens is 2. The molecular formula is C17H21Cl2N5O. The lowest BCUT2D eigenvalue weighted by atomic mass is 9.72. The highest BCUT2D eigenvalue weighted by Crippen LogP contribution is 2.48. The van der Waals surface area contributed by atoms with Crippen LogP contribution in [0.25, 0.3) is 0 Å². The van der Waals surface area contributed by atoms with Crippen LogP contribution in [0, 0.1) is 0 Å². The van der Waals surface area contributed by atoms with Crippen molar-refractivity contribution in [2.24, 2.45) is 5.84 Å². The molecule has 0 aliphatic heterocycles. The number of benzene rings is 1. The standard InChI is InChI=1S/C15H15Cl2N5O.C2H6/c16-10-3-1-4-11(17)12(10)15(5-2-6-15)21-14-19-7-9(8-20-14)13(23)22-18;1-2/h1,3-4,7-8H,2,5-6,18H2,(H,22,23)(H,19,20,21);1-2H3. The van der Waals surface area contributed by atoms with Crippen molar-refractivity contribution in [3.05, 3.63) is 51.8 Å². The molecule has 3 rings (SSSR count). The van der Waals surface area contributed by atoms with E-state index in [2.05, 4.69) is 15.3 Å². The summed E-state index contributed by atoms with van der Waals surface area (Å²) in [5.74, 6) is 5.05. The molecule has 0 saturated heterocycles. The fraction of sp³-hybridized carbons (Fsp3) is 0.353. The van der Waals surface area contributed by atoms with Gasteiger partial charge in [-0.3, -0.25) is 10.2 Å². The van der Waals surface area contributed by atoms with Crippen molar-refractivity contribution in [1.82, 2.24) is 15.4 Å². The number of carbonyl (C=O) groups is 1. The highest BCUT2D eigenvalue weighted by atomic mass is 35.5. The van der Waals surface area contributed by atoms with Crippen LogP contribution in [-0.4, -0.2) is 15.9 Å². The van der Waals surface area contributed by atoms with E-state index in [1.807, 2.05) is 37.5 Å². The maximum absolute atomic E-state index is 11.4. The summed E-state index contributed by atoms with van der Waals surface area (Å²) in [6, 6.07) is 5.46. The number of hydrogen-bond acceptors (Lipinski definition) is 5. The largest absolute Gasteiger partial charge is 0.345 e. The fourth-order valence-corrected chi connectivity index (χ4v) is 3.49. The van der Waals surface area contributed by atoms with Crippen molar-refractivity contribution in [3.8, 4) is 0 Å². The number of nitrogens with zero attached hydrogens (tertiary/aromatic N) is 2. The monoisotopic (exact) mass is 381 g/mol. The molecule has 1 aliphatic carbocycles. The van der Waals surface area contributed by atoms with Crippen LogP contribution in [0.3, 0.4) is 0 Å². The third kappa shape index (κ3) is 4.03. The van der Waals surface area contributed by atoms with Crippen LogP contribution >= 0.6 is 23.2 Å². The van der Waals surface area contributed by atoms with E-state index in [0.717, 1.165) is 24.8 Å². The van der Waals surface area contributed by atoms with Gasteiger partial charge in [-0.2, -0.15) is 0 Å². The summed E-state index contributed by atoms with van der Waals surface area (Å²) >= 11 is 12.7. The number of nitrogens with two attached hydrogens (primary N) is 1. The molecule has 2 aromatic rings. The Morgan fingerprint density at radius 1 is 1.16 bits per heavy atom. The van der Waals surface area contributed by atoms with Crippen LogP contribution in [0.5, 0.6) is 0 Å². The van der Waals surface area contributed by atoms with Gasteiger partial charge in [0.15, 0.2) is 0 Å². The maximum Gasteiger partial charge on any atom is 0.268 e. The van der Waals surface area contributed by atoms with E-state index in [1.54, 1.807) is 0 Å². The van der Waals surface area contributed by atoms with Gasteiger partial charge < -0.3 is 5.32 Å². The number of nitrogen functional groups attached to an aromatic ring is 1. The number of halogens is 2. The summed E-state index contributed by atoms with van der Waals surface area (Å²) in [6.07, 6.45) is 5.65. The summed E-state index contributed by atoms with van der Waals surface area (Å²) in [5.41, 5.74) is 2.81. The Labute approximate surface area is 157 Å². The Kier molecular flexibility index (Phi) is 6.58. The van der Waals surface area contributed by atoms with Gasteiger partial charge in [0.25, 0.3) is 5.91 Å². The van der Waals surface area contributed by atoms with E-state index in [1.165, 1.54) is 12.4 Å². The van der Waals surface area contributed by atoms with Crippen molar-refractivity contribution >= 4 is 35.1 Å². The Hall–Kier alpha value is -1.89. The Morgan fingerprint density at radius 3 is 2.16 bits per heavy atom. The fourth-order valence-electron chi connectivity index (χ4n) is 2.73. The van der Waals surface area contributed by atoms with Gasteiger partial charge in [0.1, 0.15) is 0 Å². The third-order valence-corrected chi connectivity index (χ3v) is 4.67. The summed E-state index contributed by atoms with van der Waals surface area (Å²) in [5, 5.41) is 4.55. The molecule has 0 radical (unpaired) electrons. The molecule has 134 valence electrons. The second-order valence-corrected chi connectivity index (χ2v) is 6.24. The van der Waals surface area contributed by atoms with E-state index in [-0.39, 0.29) is 11.1 Å². The van der Waals surface area contributed by atoms with E-state index in [9.17, 15) is 4.79 Å². The van der Waals surface area contributed by atoms with Crippen molar-refractivity contribution in [2.45, 2.75) is 38.6 Å². The smallest absolute Gasteiger partial charge is 0.268 e. The second kappa shape index (κ2) is 8.47. The topological polar surface area (TPSA) is 92.9 Å². The number of hydrogen-bond donors (Lipinski definition) is 3. The zero-order chi connectivity index (χ0) is 18.4. The Morgan fingerprint density at radius 2 is 1.72 bits per heavy atom. The Balaban J connectivity index is 0.00000109. The number of nitrogens with one attached hydrogen (secondary N) is 2. The molecule has 1 aromatic heterocycles. The van der Waals surface area contributed by atoms with E-state index in [0.29, 0.717) is 16.0 Å². The summed E-state index contributed by atoms with van der Waals surface area (Å²) < 4.78 is 0. The first-order chi connectivity index (χ1) is 12.1. The summed E-state index contributed by atoms with van der Waals surface area (Å²) in [7, 11) is 0. The molecule has 0 atom stereocenters. The van der Waals surface area contributed by atoms with Gasteiger partial charge in [-0.15, -0.1) is 0 Å². The minimum Gasteiger partial charge on any atom is -0.345 e. The molecular weight excluding hydrogens is 361 g/mol. The molecule has 1 aliphatic rings. The SMILES string of the molecule is CC.NNC(=O)c1cnc(NC2(c3c(Cl)cccc3Cl)CCC2)nc1. The van der Waals surface area contributed by atoms with Crippen molar-refractivity contribution in [1.29, 1.82) is 0 Å². The number of amides is 1. The zero-order valence-corrected chi connectivity index (χ0v) is 15.7. The van der Waals surface area contributed by atoms with Crippen LogP contribution < -0.4 is 16.6 Å². The molecule has 4 N–H and O–H groups in total. The molecule has 25 heavy (non-hydrogen) atoms. The van der Waals surface area contributed by atoms with Gasteiger partial charge in [-0.25, -0.2) is 15.8 Å². The number of anilines is 1. The van der Waals surface area contributed by atoms with E-state index < -0.39 is 5.91 Å². The maximum atomic E-state index is 11.4. The number of hydrazine groups is 1. The van der Waals surface area contributed by atoms with Crippen molar-refractivity contribution in [3.63, 3.8) is 0 Å². The highest BCUT2D eigenvalue weighted by molar-refractivity contribution is 6.36. The first kappa shape index (κ1) is 19.4. The van der Waals surface area contributed by atoms with Gasteiger partial charge in [0, 0.05) is 28.0 Å². The first-order valence-corrected chi connectivity index (χ1v) is 8.87. The lowest BCUT2D eigenvalue weighted by Crippen LogP contribution is -2.43. The van der Waals surface area contributed by atoms with Crippen molar-refractivity contribution < 1.29 is 4.79 Å². The first-order valence-electron chi connectivity index (χ1n) is 8.11. The molecule has 1 fully saturated rings. The van der Waals surface area contributed by atoms with E-state index >= 15 is 0 Å². The average Bonchev–Trinajstić information content (AvgIpc) is 2.61. The molecule has 6 nitrogen and oxygen atoms in total. The van der Waals surface area contributed by atoms with Gasteiger partial charge in [0.05, 0.1) is 11.1 Å². The van der Waals surface area contributed by atoms with Gasteiger partial charge >= 0.3 is 0 Å². The highest BCUT2D eigenvalue weighted by Gasteiger charge is 2.42. The second-order valence-electron chi connectivity index (χ2n) is 5.43. The number of rotatable bonds is 4. The van der Waals surface area contributed by atoms with Gasteiger partial charge in [-0.05, 0) is 31.4 Å². The molecule has 1 amide bonds. The quantitative estimate of drug-likeness (QED) is 0.424. The summed E-state index contributed by atoms with van der Waals surface area (Å²) in [6.45, 7) is 4.00. The van der Waals surface area contributed by atoms with Crippen LogP contribution in [0.2, 0.25) is 10.0 Å². The molecule has 8 heteroatoms. The van der Waals surface area contributed by atoms with Gasteiger partial charge in [-0.1, -0.05) is 43.1 Å². The Bertz CT molecular complexity index is 712. The predicted octanol–water partition coefficient (Wildman–Crippen LogP) is 3.90. The lowest BCUT2D eigenvalue weighted by Gasteiger charge is -2.44. The lowest BCUT2D eigenvalue weighted by molar-refractivity contribution is 0.0953. The van der Waals surface area contributed by atoms with Crippen molar-refractivity contribution in [2.75, 3.05) is 5.32 Å². The molecule has 1 saturated carbocycles. The van der Waals surface area contributed by atoms with Crippen LogP contribution in [0.15, 0.2) is 30.6 Å². The third-order valence-electron chi connectivity index (χ3n) is 4.04. The van der Waals surface area contributed by atoms with E-state index in [4.69, 9.17) is 29.0 Å². The number of carbonyl (C=O) groups excluding carboxylic acids is 1. The van der Waals surface area contributed by atoms with Crippen LogP contribution in [0.4, 0.5) is 5.95 Å². The minimum atomic E-state index is -0.441. The molecule has 1 aromatic carbocycles. The van der Waals surface area contributed by atoms with Crippen LogP contribution in [-0.2, 0) is 5.54 Å². The average molecular weight is 382 g/mol. The van der Waals surface area contributed by atoms with Gasteiger partial charge in [0.2, 0.25) is 5.95 Å². The molecule has 0 bridgehead atoms. The predicted molar refractivity (Wildman–Crippen MR) is 101 cm³/mol. The van der Waals surface area contributed by atoms with Crippen LogP contribution in [0.1, 0.15) is 49.0 Å². The molecule has 0 unspecified atom stereocenters. The molecule has 0 spiro atoms. The zero-order valence-electron chi connectivity index (χ0n) is 14.1. The molecule has 1 heterocycles.